The van der Waals surface area contributed by atoms with Crippen LogP contribution in [-0.4, -0.2) is 19.1 Å². The van der Waals surface area contributed by atoms with Crippen molar-refractivity contribution in [1.29, 1.82) is 0 Å². The zero-order chi connectivity index (χ0) is 46.3. The average molecular weight is 1080 g/mol. The maximum absolute atomic E-state index is 6.79. The van der Waals surface area contributed by atoms with Crippen LogP contribution in [0.1, 0.15) is 71.3 Å². The maximum atomic E-state index is 6.79. The molecular weight excluding hydrogens is 1030 g/mol. The van der Waals surface area contributed by atoms with Gasteiger partial charge in [-0.2, -0.15) is 12.1 Å². The van der Waals surface area contributed by atoms with E-state index in [0.717, 1.165) is 115 Å². The molecule has 0 atom stereocenters. The van der Waals surface area contributed by atoms with Gasteiger partial charge < -0.3 is 23.7 Å². The van der Waals surface area contributed by atoms with Crippen LogP contribution in [-0.2, 0) is 44.9 Å². The Balaban J connectivity index is 0.00000520. The molecule has 5 heterocycles. The van der Waals surface area contributed by atoms with Crippen molar-refractivity contribution in [2.45, 2.75) is 78.2 Å². The number of para-hydroxylation sites is 1. The normalized spacial score (nSPS) is 13.8. The molecular formula is C61H53N6OPt-3. The Bertz CT molecular complexity index is 3500. The summed E-state index contributed by atoms with van der Waals surface area (Å²) in [5.41, 5.74) is 15.3. The number of pyridine rings is 1. The SMILES string of the molecule is CC(C)(C)c1ccnc(-n2c3[c-]c(Oc4[c-]c(N5[CH-]N(c6c(-c7ccccc7)cccc6-c6ccccc6)c6cc7c(cc65)nc5n7CCCC5)ccc4)ccc3c3cc(C(C)(C)C)ccc32)c1.[Pt]. The van der Waals surface area contributed by atoms with E-state index in [-0.39, 0.29) is 31.9 Å². The van der Waals surface area contributed by atoms with Crippen LogP contribution in [0.5, 0.6) is 11.5 Å². The van der Waals surface area contributed by atoms with Crippen molar-refractivity contribution in [3.8, 4) is 39.6 Å². The number of imidazole rings is 1. The Hall–Kier alpha value is -6.95. The third-order valence-electron chi connectivity index (χ3n) is 13.7. The first kappa shape index (κ1) is 44.5. The van der Waals surface area contributed by atoms with Crippen molar-refractivity contribution >= 4 is 55.6 Å². The Morgan fingerprint density at radius 2 is 1.28 bits per heavy atom. The number of fused-ring (bicyclic) bond motifs is 7. The summed E-state index contributed by atoms with van der Waals surface area (Å²) in [5.74, 6) is 3.20. The van der Waals surface area contributed by atoms with E-state index >= 15 is 0 Å². The molecule has 2 aliphatic rings. The van der Waals surface area contributed by atoms with Crippen LogP contribution in [0.15, 0.2) is 158 Å². The first-order chi connectivity index (χ1) is 33.0. The second-order valence-electron chi connectivity index (χ2n) is 20.3. The molecule has 0 aliphatic carbocycles. The molecule has 0 amide bonds. The van der Waals surface area contributed by atoms with Crippen molar-refractivity contribution in [2.24, 2.45) is 0 Å². The first-order valence-electron chi connectivity index (χ1n) is 23.8. The van der Waals surface area contributed by atoms with E-state index in [4.69, 9.17) is 14.7 Å². The van der Waals surface area contributed by atoms with Crippen molar-refractivity contribution in [2.75, 3.05) is 9.80 Å². The molecule has 12 rings (SSSR count). The van der Waals surface area contributed by atoms with Crippen LogP contribution >= 0.6 is 0 Å². The van der Waals surface area contributed by atoms with E-state index in [1.54, 1.807) is 0 Å². The largest absolute Gasteiger partial charge is 0.509 e. The quantitative estimate of drug-likeness (QED) is 0.149. The van der Waals surface area contributed by atoms with Gasteiger partial charge in [0.05, 0.1) is 11.0 Å². The Morgan fingerprint density at radius 1 is 0.594 bits per heavy atom. The molecule has 0 saturated carbocycles. The van der Waals surface area contributed by atoms with Crippen molar-refractivity contribution < 1.29 is 25.8 Å². The number of aryl methyl sites for hydroxylation is 2. The van der Waals surface area contributed by atoms with Gasteiger partial charge in [-0.15, -0.1) is 48.1 Å². The molecule has 10 aromatic rings. The van der Waals surface area contributed by atoms with Gasteiger partial charge in [-0.25, -0.2) is 9.97 Å². The average Bonchev–Trinajstić information content (AvgIpc) is 4.02. The molecule has 0 spiro atoms. The minimum absolute atomic E-state index is 0. The Morgan fingerprint density at radius 3 is 2.00 bits per heavy atom. The van der Waals surface area contributed by atoms with Crippen LogP contribution in [0.3, 0.4) is 0 Å². The summed E-state index contributed by atoms with van der Waals surface area (Å²) in [5, 5.41) is 2.26. The van der Waals surface area contributed by atoms with E-state index < -0.39 is 0 Å². The zero-order valence-electron chi connectivity index (χ0n) is 39.8. The molecule has 0 unspecified atom stereocenters. The first-order valence-corrected chi connectivity index (χ1v) is 23.8. The third kappa shape index (κ3) is 7.91. The van der Waals surface area contributed by atoms with E-state index in [0.29, 0.717) is 11.5 Å². The number of ether oxygens (including phenoxy) is 1. The van der Waals surface area contributed by atoms with Gasteiger partial charge in [-0.3, -0.25) is 0 Å². The summed E-state index contributed by atoms with van der Waals surface area (Å²) in [4.78, 5) is 14.8. The maximum Gasteiger partial charge on any atom is 0.135 e. The summed E-state index contributed by atoms with van der Waals surface area (Å²) < 4.78 is 11.5. The topological polar surface area (TPSA) is 51.4 Å². The molecule has 0 fully saturated rings. The van der Waals surface area contributed by atoms with E-state index in [2.05, 4.69) is 213 Å². The number of aromatic nitrogens is 4. The number of hydrogen-bond donors (Lipinski definition) is 0. The smallest absolute Gasteiger partial charge is 0.135 e. The van der Waals surface area contributed by atoms with Crippen LogP contribution in [0.4, 0.5) is 22.7 Å². The molecule has 3 aromatic heterocycles. The predicted octanol–water partition coefficient (Wildman–Crippen LogP) is 15.6. The number of anilines is 4. The number of hydrogen-bond acceptors (Lipinski definition) is 5. The molecule has 0 saturated heterocycles. The summed E-state index contributed by atoms with van der Waals surface area (Å²) in [7, 11) is 0. The van der Waals surface area contributed by atoms with Crippen LogP contribution in [0.25, 0.3) is 60.9 Å². The molecule has 0 bridgehead atoms. The molecule has 7 nitrogen and oxygen atoms in total. The van der Waals surface area contributed by atoms with Gasteiger partial charge in [-0.05, 0) is 81.6 Å². The molecule has 2 aliphatic heterocycles. The second kappa shape index (κ2) is 17.2. The van der Waals surface area contributed by atoms with Crippen molar-refractivity contribution in [1.82, 2.24) is 19.1 Å². The van der Waals surface area contributed by atoms with Crippen LogP contribution < -0.4 is 14.5 Å². The predicted molar refractivity (Wildman–Crippen MR) is 279 cm³/mol. The number of rotatable bonds is 7. The van der Waals surface area contributed by atoms with E-state index in [9.17, 15) is 0 Å². The van der Waals surface area contributed by atoms with Crippen molar-refractivity contribution in [3.63, 3.8) is 0 Å². The van der Waals surface area contributed by atoms with Gasteiger partial charge >= 0.3 is 0 Å². The molecule has 7 aromatic carbocycles. The van der Waals surface area contributed by atoms with Gasteiger partial charge in [0.25, 0.3) is 0 Å². The molecule has 69 heavy (non-hydrogen) atoms. The molecule has 8 heteroatoms. The fourth-order valence-corrected chi connectivity index (χ4v) is 10.1. The Labute approximate surface area is 419 Å². The van der Waals surface area contributed by atoms with Crippen LogP contribution in [0.2, 0.25) is 0 Å². The standard InChI is InChI=1S/C61H53N6O.Pt/c1-60(2,3)42-26-29-52-50(33-42)49-28-27-46(36-53(49)67(52)58-34-43(30-31-62-58)61(4,5)6)68-45-22-15-21-44(35-45)65-39-66(56-38-54-51(37-55(56)65)63-57-25-13-14-32-64(54)57)59-47(40-17-9-7-10-18-40)23-16-24-48(59)41-19-11-8-12-20-41;/h7-12,15-24,26-31,33-34,37-39H,13-14,25,32H2,1-6H3;/q-3;. The van der Waals surface area contributed by atoms with Gasteiger partial charge in [0.1, 0.15) is 11.6 Å². The summed E-state index contributed by atoms with van der Waals surface area (Å²) in [6.45, 7) is 16.7. The molecule has 0 radical (unpaired) electrons. The van der Waals surface area contributed by atoms with Gasteiger partial charge in [0.15, 0.2) is 0 Å². The second-order valence-corrected chi connectivity index (χ2v) is 20.3. The van der Waals surface area contributed by atoms with Crippen molar-refractivity contribution in [3.05, 3.63) is 194 Å². The monoisotopic (exact) mass is 1080 g/mol. The minimum atomic E-state index is -0.0431. The van der Waals surface area contributed by atoms with E-state index in [1.165, 1.54) is 11.1 Å². The van der Waals surface area contributed by atoms with Gasteiger partial charge in [0.2, 0.25) is 0 Å². The van der Waals surface area contributed by atoms with Gasteiger partial charge in [0, 0.05) is 85.4 Å². The Kier molecular flexibility index (Phi) is 11.1. The summed E-state index contributed by atoms with van der Waals surface area (Å²) >= 11 is 0. The van der Waals surface area contributed by atoms with E-state index in [1.807, 2.05) is 24.4 Å². The van der Waals surface area contributed by atoms with Gasteiger partial charge in [-0.1, -0.05) is 138 Å². The zero-order valence-corrected chi connectivity index (χ0v) is 42.1. The summed E-state index contributed by atoms with van der Waals surface area (Å²) in [6, 6.07) is 61.5. The molecule has 0 N–H and O–H groups in total. The fourth-order valence-electron chi connectivity index (χ4n) is 10.1. The third-order valence-corrected chi connectivity index (χ3v) is 13.7. The number of benzene rings is 7. The van der Waals surface area contributed by atoms with Crippen LogP contribution in [0, 0.1) is 18.8 Å². The number of nitrogens with zero attached hydrogens (tertiary/aromatic N) is 6. The minimum Gasteiger partial charge on any atom is -0.509 e. The fraction of sp³-hybridized carbons (Fsp3) is 0.197. The summed E-state index contributed by atoms with van der Waals surface area (Å²) in [6.07, 6.45) is 5.22. The molecule has 346 valence electrons.